The molecule has 0 bridgehead atoms. The molecule has 0 spiro atoms. The number of carbonyl (C=O) groups excluding carboxylic acids is 1. The van der Waals surface area contributed by atoms with E-state index in [1.807, 2.05) is 31.2 Å². The van der Waals surface area contributed by atoms with Crippen LogP contribution >= 0.6 is 11.6 Å². The number of amides is 1. The van der Waals surface area contributed by atoms with Gasteiger partial charge in [-0.15, -0.1) is 0 Å². The minimum atomic E-state index is -0.299. The molecule has 2 fully saturated rings. The van der Waals surface area contributed by atoms with Crippen LogP contribution in [0.3, 0.4) is 0 Å². The highest BCUT2D eigenvalue weighted by Gasteiger charge is 2.25. The van der Waals surface area contributed by atoms with Crippen molar-refractivity contribution in [2.24, 2.45) is 0 Å². The summed E-state index contributed by atoms with van der Waals surface area (Å²) in [5.41, 5.74) is 3.97. The van der Waals surface area contributed by atoms with Gasteiger partial charge in [-0.05, 0) is 62.7 Å². The van der Waals surface area contributed by atoms with Gasteiger partial charge in [0.05, 0.1) is 10.7 Å². The standard InChI is InChI=1S/C26H30ClN7O/c1-17-4-3-5-22(27)23(17)31-25(35)21-16-28-26(32-24(21)29-18-6-7-18)30-19-8-10-20(11-9-19)34-14-12-33(2)13-15-34/h3-5,8-11,16,18H,6-7,12-15H2,1-2H3,(H,31,35)(H2,28,29,30,32). The maximum Gasteiger partial charge on any atom is 0.261 e. The van der Waals surface area contributed by atoms with E-state index in [-0.39, 0.29) is 5.91 Å². The monoisotopic (exact) mass is 491 g/mol. The Morgan fingerprint density at radius 3 is 2.49 bits per heavy atom. The van der Waals surface area contributed by atoms with E-state index in [2.05, 4.69) is 54.9 Å². The number of nitrogens with one attached hydrogen (secondary N) is 3. The molecule has 182 valence electrons. The molecule has 35 heavy (non-hydrogen) atoms. The highest BCUT2D eigenvalue weighted by atomic mass is 35.5. The van der Waals surface area contributed by atoms with Gasteiger partial charge in [0, 0.05) is 49.8 Å². The Bertz CT molecular complexity index is 1180. The minimum Gasteiger partial charge on any atom is -0.369 e. The van der Waals surface area contributed by atoms with E-state index in [1.54, 1.807) is 12.3 Å². The molecule has 1 amide bonds. The van der Waals surface area contributed by atoms with E-state index >= 15 is 0 Å². The third-order valence-electron chi connectivity index (χ3n) is 6.40. The van der Waals surface area contributed by atoms with Crippen LogP contribution in [0.15, 0.2) is 48.7 Å². The van der Waals surface area contributed by atoms with E-state index in [0.29, 0.717) is 34.1 Å². The number of hydrogen-bond acceptors (Lipinski definition) is 7. The summed E-state index contributed by atoms with van der Waals surface area (Å²) in [5.74, 6) is 0.652. The molecule has 0 atom stereocenters. The van der Waals surface area contributed by atoms with Gasteiger partial charge in [0.1, 0.15) is 11.4 Å². The molecule has 9 heteroatoms. The third-order valence-corrected chi connectivity index (χ3v) is 6.72. The number of aryl methyl sites for hydroxylation is 1. The lowest BCUT2D eigenvalue weighted by Gasteiger charge is -2.34. The number of nitrogens with zero attached hydrogens (tertiary/aromatic N) is 4. The highest BCUT2D eigenvalue weighted by molar-refractivity contribution is 6.34. The Morgan fingerprint density at radius 2 is 1.80 bits per heavy atom. The Balaban J connectivity index is 1.32. The smallest absolute Gasteiger partial charge is 0.261 e. The molecule has 3 N–H and O–H groups in total. The SMILES string of the molecule is Cc1cccc(Cl)c1NC(=O)c1cnc(Nc2ccc(N3CCN(C)CC3)cc2)nc1NC1CC1. The lowest BCUT2D eigenvalue weighted by Crippen LogP contribution is -2.44. The van der Waals surface area contributed by atoms with E-state index in [4.69, 9.17) is 11.6 Å². The van der Waals surface area contributed by atoms with E-state index in [9.17, 15) is 4.79 Å². The quantitative estimate of drug-likeness (QED) is 0.439. The Morgan fingerprint density at radius 1 is 1.06 bits per heavy atom. The van der Waals surface area contributed by atoms with Crippen LogP contribution in [0.1, 0.15) is 28.8 Å². The predicted molar refractivity (Wildman–Crippen MR) is 142 cm³/mol. The van der Waals surface area contributed by atoms with E-state index < -0.39 is 0 Å². The first-order valence-corrected chi connectivity index (χ1v) is 12.3. The summed E-state index contributed by atoms with van der Waals surface area (Å²) in [5, 5.41) is 10.0. The average Bonchev–Trinajstić information content (AvgIpc) is 3.67. The molecule has 1 aliphatic heterocycles. The number of para-hydroxylation sites is 1. The summed E-state index contributed by atoms with van der Waals surface area (Å²) in [6, 6.07) is 14.1. The van der Waals surface area contributed by atoms with Gasteiger partial charge in [-0.1, -0.05) is 23.7 Å². The van der Waals surface area contributed by atoms with Crippen LogP contribution in [0.2, 0.25) is 5.02 Å². The molecule has 1 saturated carbocycles. The Labute approximate surface area is 210 Å². The largest absolute Gasteiger partial charge is 0.369 e. The minimum absolute atomic E-state index is 0.299. The molecular formula is C26H30ClN7O. The number of halogens is 1. The first-order chi connectivity index (χ1) is 17.0. The zero-order chi connectivity index (χ0) is 24.4. The molecule has 1 saturated heterocycles. The number of piperazine rings is 1. The Kier molecular flexibility index (Phi) is 6.74. The molecule has 0 radical (unpaired) electrons. The fourth-order valence-electron chi connectivity index (χ4n) is 4.06. The average molecular weight is 492 g/mol. The van der Waals surface area contributed by atoms with E-state index in [1.165, 1.54) is 5.69 Å². The van der Waals surface area contributed by atoms with Crippen molar-refractivity contribution in [2.45, 2.75) is 25.8 Å². The second-order valence-corrected chi connectivity index (χ2v) is 9.63. The topological polar surface area (TPSA) is 85.4 Å². The van der Waals surface area contributed by atoms with Crippen molar-refractivity contribution in [2.75, 3.05) is 54.1 Å². The maximum atomic E-state index is 13.1. The molecule has 8 nitrogen and oxygen atoms in total. The van der Waals surface area contributed by atoms with Gasteiger partial charge in [0.25, 0.3) is 5.91 Å². The summed E-state index contributed by atoms with van der Waals surface area (Å²) in [7, 11) is 2.16. The van der Waals surface area contributed by atoms with Crippen molar-refractivity contribution >= 4 is 46.3 Å². The molecular weight excluding hydrogens is 462 g/mol. The lowest BCUT2D eigenvalue weighted by atomic mass is 10.2. The van der Waals surface area contributed by atoms with Gasteiger partial charge < -0.3 is 25.8 Å². The van der Waals surface area contributed by atoms with Crippen molar-refractivity contribution in [3.8, 4) is 0 Å². The molecule has 2 heterocycles. The van der Waals surface area contributed by atoms with Gasteiger partial charge in [0.15, 0.2) is 0 Å². The first-order valence-electron chi connectivity index (χ1n) is 12.0. The van der Waals surface area contributed by atoms with Gasteiger partial charge >= 0.3 is 0 Å². The maximum absolute atomic E-state index is 13.1. The van der Waals surface area contributed by atoms with Gasteiger partial charge in [-0.3, -0.25) is 4.79 Å². The summed E-state index contributed by atoms with van der Waals surface area (Å²) in [6.45, 7) is 6.10. The number of aromatic nitrogens is 2. The number of carbonyl (C=O) groups is 1. The fraction of sp³-hybridized carbons (Fsp3) is 0.346. The number of rotatable bonds is 7. The van der Waals surface area contributed by atoms with Crippen LogP contribution < -0.4 is 20.9 Å². The van der Waals surface area contributed by atoms with Crippen LogP contribution in [0.4, 0.5) is 28.8 Å². The van der Waals surface area contributed by atoms with Crippen LogP contribution in [-0.2, 0) is 0 Å². The van der Waals surface area contributed by atoms with E-state index in [0.717, 1.165) is 50.3 Å². The molecule has 5 rings (SSSR count). The molecule has 3 aromatic rings. The second-order valence-electron chi connectivity index (χ2n) is 9.22. The number of benzene rings is 2. The summed E-state index contributed by atoms with van der Waals surface area (Å²) in [6.07, 6.45) is 3.68. The van der Waals surface area contributed by atoms with Crippen molar-refractivity contribution in [3.05, 3.63) is 64.8 Å². The zero-order valence-corrected chi connectivity index (χ0v) is 20.8. The number of anilines is 5. The molecule has 1 aliphatic carbocycles. The van der Waals surface area contributed by atoms with Crippen LogP contribution in [0, 0.1) is 6.92 Å². The molecule has 0 unspecified atom stereocenters. The normalized spacial score (nSPS) is 16.1. The van der Waals surface area contributed by atoms with Crippen molar-refractivity contribution in [3.63, 3.8) is 0 Å². The number of hydrogen-bond donors (Lipinski definition) is 3. The van der Waals surface area contributed by atoms with Crippen molar-refractivity contribution in [1.82, 2.24) is 14.9 Å². The summed E-state index contributed by atoms with van der Waals surface area (Å²) < 4.78 is 0. The van der Waals surface area contributed by atoms with Crippen LogP contribution in [0.5, 0.6) is 0 Å². The molecule has 2 aliphatic rings. The first kappa shape index (κ1) is 23.4. The predicted octanol–water partition coefficient (Wildman–Crippen LogP) is 4.76. The zero-order valence-electron chi connectivity index (χ0n) is 20.0. The Hall–Kier alpha value is -3.36. The van der Waals surface area contributed by atoms with Crippen LogP contribution in [0.25, 0.3) is 0 Å². The second kappa shape index (κ2) is 10.1. The van der Waals surface area contributed by atoms with Crippen molar-refractivity contribution in [1.29, 1.82) is 0 Å². The fourth-order valence-corrected chi connectivity index (χ4v) is 4.33. The van der Waals surface area contributed by atoms with Gasteiger partial charge in [-0.25, -0.2) is 4.98 Å². The summed E-state index contributed by atoms with van der Waals surface area (Å²) in [4.78, 5) is 26.9. The molecule has 1 aromatic heterocycles. The number of likely N-dealkylation sites (N-methyl/N-ethyl adjacent to an activating group) is 1. The molecule has 2 aromatic carbocycles. The third kappa shape index (κ3) is 5.66. The van der Waals surface area contributed by atoms with Gasteiger partial charge in [-0.2, -0.15) is 4.98 Å². The summed E-state index contributed by atoms with van der Waals surface area (Å²) >= 11 is 6.30. The van der Waals surface area contributed by atoms with Crippen molar-refractivity contribution < 1.29 is 4.79 Å². The lowest BCUT2D eigenvalue weighted by molar-refractivity contribution is 0.102. The highest BCUT2D eigenvalue weighted by Crippen LogP contribution is 2.29. The van der Waals surface area contributed by atoms with Crippen LogP contribution in [-0.4, -0.2) is 60.0 Å². The van der Waals surface area contributed by atoms with Gasteiger partial charge in [0.2, 0.25) is 5.95 Å².